The third kappa shape index (κ3) is 2.23. The average molecular weight is 255 g/mol. The van der Waals surface area contributed by atoms with E-state index in [2.05, 4.69) is 16.0 Å². The van der Waals surface area contributed by atoms with Crippen molar-refractivity contribution in [1.82, 2.24) is 9.97 Å². The molecular weight excluding hydrogens is 240 g/mol. The van der Waals surface area contributed by atoms with Gasteiger partial charge in [0.2, 0.25) is 0 Å². The van der Waals surface area contributed by atoms with Crippen molar-refractivity contribution in [1.29, 1.82) is 5.26 Å². The number of nitriles is 1. The number of aryl methyl sites for hydroxylation is 1. The summed E-state index contributed by atoms with van der Waals surface area (Å²) in [7, 11) is 0. The zero-order chi connectivity index (χ0) is 14.1. The van der Waals surface area contributed by atoms with Gasteiger partial charge in [-0.25, -0.2) is 9.97 Å². The molecule has 0 spiro atoms. The number of fused-ring (bicyclic) bond motifs is 1. The van der Waals surface area contributed by atoms with E-state index < -0.39 is 0 Å². The van der Waals surface area contributed by atoms with E-state index in [4.69, 9.17) is 6.11 Å². The summed E-state index contributed by atoms with van der Waals surface area (Å²) in [6.45, 7) is 4.52. The number of nitrogens with zero attached hydrogens (tertiary/aromatic N) is 4. The highest BCUT2D eigenvalue weighted by Gasteiger charge is 2.18. The lowest BCUT2D eigenvalue weighted by Crippen LogP contribution is -2.37. The van der Waals surface area contributed by atoms with E-state index in [9.17, 15) is 5.26 Å². The highest BCUT2D eigenvalue weighted by atomic mass is 16.5. The number of anilines is 1. The zero-order valence-electron chi connectivity index (χ0n) is 11.7. The number of hydrogen-bond donors (Lipinski definition) is 0. The molecule has 1 aromatic heterocycles. The van der Waals surface area contributed by atoms with E-state index in [1.54, 1.807) is 6.07 Å². The van der Waals surface area contributed by atoms with Crippen LogP contribution in [0.3, 0.4) is 0 Å². The van der Waals surface area contributed by atoms with Crippen LogP contribution >= 0.6 is 0 Å². The normalized spacial score (nSPS) is 16.2. The molecule has 1 aliphatic heterocycles. The maximum atomic E-state index is 9.29. The Balaban J connectivity index is 2.18. The summed E-state index contributed by atoms with van der Waals surface area (Å²) in [6.07, 6.45) is 0. The Labute approximate surface area is 112 Å². The summed E-state index contributed by atoms with van der Waals surface area (Å²) < 4.78 is 13.3. The summed E-state index contributed by atoms with van der Waals surface area (Å²) in [5.41, 5.74) is 2.39. The van der Waals surface area contributed by atoms with Crippen LogP contribution in [0.15, 0.2) is 18.2 Å². The second kappa shape index (κ2) is 4.82. The third-order valence-electron chi connectivity index (χ3n) is 3.12. The maximum Gasteiger partial charge on any atom is 0.183 e. The van der Waals surface area contributed by atoms with E-state index >= 15 is 0 Å². The van der Waals surface area contributed by atoms with E-state index in [1.165, 1.54) is 0 Å². The van der Waals surface area contributed by atoms with Gasteiger partial charge in [-0.3, -0.25) is 0 Å². The number of hydrogen-bond acceptors (Lipinski definition) is 5. The smallest absolute Gasteiger partial charge is 0.183 e. The Bertz CT molecular complexity index is 704. The Morgan fingerprint density at radius 3 is 2.89 bits per heavy atom. The molecule has 2 heterocycles. The topological polar surface area (TPSA) is 62.0 Å². The van der Waals surface area contributed by atoms with Crippen molar-refractivity contribution in [3.05, 3.63) is 29.4 Å². The van der Waals surface area contributed by atoms with Crippen molar-refractivity contribution < 1.29 is 6.11 Å². The molecule has 3 rings (SSSR count). The van der Waals surface area contributed by atoms with Gasteiger partial charge in [0.25, 0.3) is 0 Å². The van der Waals surface area contributed by atoms with Gasteiger partial charge in [-0.1, -0.05) is 6.07 Å². The second-order valence-electron chi connectivity index (χ2n) is 4.52. The van der Waals surface area contributed by atoms with Crippen LogP contribution < -0.4 is 4.90 Å². The molecule has 0 amide bonds. The predicted molar refractivity (Wildman–Crippen MR) is 72.0 cm³/mol. The average Bonchev–Trinajstić information content (AvgIpc) is 2.46. The van der Waals surface area contributed by atoms with Crippen LogP contribution in [0.2, 0.25) is 0 Å². The molecule has 5 nitrogen and oxygen atoms in total. The molecule has 0 radical (unpaired) electrons. The number of ether oxygens (including phenoxy) is 1. The number of aromatic nitrogens is 2. The van der Waals surface area contributed by atoms with E-state index in [0.717, 1.165) is 5.56 Å². The second-order valence-corrected chi connectivity index (χ2v) is 4.52. The lowest BCUT2D eigenvalue weighted by molar-refractivity contribution is 0.122. The minimum absolute atomic E-state index is 0.310. The molecule has 1 fully saturated rings. The Kier molecular flexibility index (Phi) is 2.72. The lowest BCUT2D eigenvalue weighted by Gasteiger charge is -2.28. The molecule has 0 atom stereocenters. The minimum atomic E-state index is 0.310. The highest BCUT2D eigenvalue weighted by molar-refractivity contribution is 5.78. The fraction of sp³-hybridized carbons (Fsp3) is 0.357. The van der Waals surface area contributed by atoms with Crippen molar-refractivity contribution in [3.8, 4) is 6.07 Å². The van der Waals surface area contributed by atoms with Gasteiger partial charge in [-0.05, 0) is 24.6 Å². The molecule has 0 N–H and O–H groups in total. The molecule has 2 aromatic rings. The molecule has 1 aromatic carbocycles. The van der Waals surface area contributed by atoms with Gasteiger partial charge in [-0.2, -0.15) is 5.26 Å². The SMILES string of the molecule is [2H]c1cc(C)cc2nc(C#N)c(N3CCOCC3)nc12. The van der Waals surface area contributed by atoms with Crippen molar-refractivity contribution in [2.45, 2.75) is 6.92 Å². The van der Waals surface area contributed by atoms with E-state index in [0.29, 0.717) is 54.9 Å². The number of benzene rings is 1. The molecule has 1 saturated heterocycles. The maximum absolute atomic E-state index is 9.29. The van der Waals surface area contributed by atoms with E-state index in [-0.39, 0.29) is 0 Å². The van der Waals surface area contributed by atoms with Gasteiger partial charge in [0, 0.05) is 13.1 Å². The fourth-order valence-electron chi connectivity index (χ4n) is 2.16. The molecule has 0 saturated carbocycles. The minimum Gasteiger partial charge on any atom is -0.378 e. The summed E-state index contributed by atoms with van der Waals surface area (Å²) >= 11 is 0. The third-order valence-corrected chi connectivity index (χ3v) is 3.12. The summed E-state index contributed by atoms with van der Waals surface area (Å²) in [5, 5.41) is 9.29. The molecule has 1 aliphatic rings. The van der Waals surface area contributed by atoms with Crippen LogP contribution in [-0.4, -0.2) is 36.3 Å². The van der Waals surface area contributed by atoms with Crippen LogP contribution in [-0.2, 0) is 4.74 Å². The van der Waals surface area contributed by atoms with Crippen LogP contribution in [0.1, 0.15) is 12.6 Å². The molecule has 0 aliphatic carbocycles. The van der Waals surface area contributed by atoms with Crippen molar-refractivity contribution >= 4 is 16.9 Å². The predicted octanol–water partition coefficient (Wildman–Crippen LogP) is 1.65. The molecule has 0 unspecified atom stereocenters. The van der Waals surface area contributed by atoms with Crippen LogP contribution in [0.4, 0.5) is 5.82 Å². The summed E-state index contributed by atoms with van der Waals surface area (Å²) in [4.78, 5) is 10.9. The molecule has 19 heavy (non-hydrogen) atoms. The Morgan fingerprint density at radius 2 is 2.16 bits per heavy atom. The van der Waals surface area contributed by atoms with Gasteiger partial charge >= 0.3 is 0 Å². The molecule has 5 heteroatoms. The number of morpholine rings is 1. The zero-order valence-corrected chi connectivity index (χ0v) is 10.7. The quantitative estimate of drug-likeness (QED) is 0.775. The largest absolute Gasteiger partial charge is 0.378 e. The van der Waals surface area contributed by atoms with E-state index in [1.807, 2.05) is 17.9 Å². The van der Waals surface area contributed by atoms with Crippen molar-refractivity contribution in [2.24, 2.45) is 0 Å². The van der Waals surface area contributed by atoms with Gasteiger partial charge in [-0.15, -0.1) is 0 Å². The van der Waals surface area contributed by atoms with Crippen molar-refractivity contribution in [2.75, 3.05) is 31.2 Å². The lowest BCUT2D eigenvalue weighted by atomic mass is 10.2. The van der Waals surface area contributed by atoms with Crippen LogP contribution in [0.25, 0.3) is 11.0 Å². The molecule has 0 bridgehead atoms. The monoisotopic (exact) mass is 255 g/mol. The standard InChI is InChI=1S/C14H14N4O/c1-10-2-3-11-12(8-10)16-13(9-15)14(17-11)18-4-6-19-7-5-18/h2-3,8H,4-7H2,1H3/i3D. The Morgan fingerprint density at radius 1 is 1.37 bits per heavy atom. The van der Waals surface area contributed by atoms with Gasteiger partial charge in [0.05, 0.1) is 25.6 Å². The van der Waals surface area contributed by atoms with Gasteiger partial charge < -0.3 is 9.64 Å². The van der Waals surface area contributed by atoms with Crippen LogP contribution in [0.5, 0.6) is 0 Å². The first-order valence-electron chi connectivity index (χ1n) is 6.71. The van der Waals surface area contributed by atoms with Gasteiger partial charge in [0.15, 0.2) is 11.5 Å². The first kappa shape index (κ1) is 10.7. The number of rotatable bonds is 1. The summed E-state index contributed by atoms with van der Waals surface area (Å²) in [5.74, 6) is 0.556. The first-order chi connectivity index (χ1) is 9.69. The van der Waals surface area contributed by atoms with Gasteiger partial charge in [0.1, 0.15) is 6.07 Å². The molecular formula is C14H14N4O. The first-order valence-corrected chi connectivity index (χ1v) is 6.21. The van der Waals surface area contributed by atoms with Crippen molar-refractivity contribution in [3.63, 3.8) is 0 Å². The van der Waals surface area contributed by atoms with Crippen LogP contribution in [0, 0.1) is 18.3 Å². The highest BCUT2D eigenvalue weighted by Crippen LogP contribution is 2.21. The Hall–Kier alpha value is -2.19. The summed E-state index contributed by atoms with van der Waals surface area (Å²) in [6, 6.07) is 6.05. The fourth-order valence-corrected chi connectivity index (χ4v) is 2.16. The molecule has 96 valence electrons.